The number of carboxylic acid groups (broad SMARTS) is 1. The molecular weight excluding hydrogens is 327 g/mol. The first-order valence-corrected chi connectivity index (χ1v) is 6.95. The summed E-state index contributed by atoms with van der Waals surface area (Å²) in [6.07, 6.45) is -5.31. The molecule has 130 valence electrons. The number of aromatic nitrogens is 2. The minimum absolute atomic E-state index is 0.192. The van der Waals surface area contributed by atoms with E-state index in [2.05, 4.69) is 5.10 Å². The van der Waals surface area contributed by atoms with Gasteiger partial charge in [0.05, 0.1) is 0 Å². The lowest BCUT2D eigenvalue weighted by Gasteiger charge is -2.12. The van der Waals surface area contributed by atoms with Crippen molar-refractivity contribution in [1.29, 1.82) is 0 Å². The van der Waals surface area contributed by atoms with Crippen molar-refractivity contribution in [3.63, 3.8) is 0 Å². The molecule has 2 rings (SSSR count). The fourth-order valence-electron chi connectivity index (χ4n) is 2.12. The van der Waals surface area contributed by atoms with Gasteiger partial charge in [0.2, 0.25) is 5.88 Å². The van der Waals surface area contributed by atoms with E-state index in [1.807, 2.05) is 6.92 Å². The minimum Gasteiger partial charge on any atom is -0.480 e. The van der Waals surface area contributed by atoms with Crippen LogP contribution in [0.3, 0.4) is 0 Å². The molecule has 1 heterocycles. The van der Waals surface area contributed by atoms with Crippen LogP contribution in [0.15, 0.2) is 24.3 Å². The van der Waals surface area contributed by atoms with Crippen LogP contribution in [0.2, 0.25) is 0 Å². The van der Waals surface area contributed by atoms with Crippen molar-refractivity contribution in [2.24, 2.45) is 12.8 Å². The number of carboxylic acids is 1. The number of ether oxygens (including phenoxy) is 1. The number of rotatable bonds is 5. The van der Waals surface area contributed by atoms with Crippen molar-refractivity contribution >= 4 is 5.97 Å². The molecule has 0 aliphatic heterocycles. The molecule has 0 spiro atoms. The summed E-state index contributed by atoms with van der Waals surface area (Å²) in [6, 6.07) is 5.15. The largest absolute Gasteiger partial charge is 0.480 e. The van der Waals surface area contributed by atoms with Crippen LogP contribution >= 0.6 is 0 Å². The number of nitrogens with zero attached hydrogens (tertiary/aromatic N) is 2. The molecule has 1 aromatic carbocycles. The predicted molar refractivity (Wildman–Crippen MR) is 78.8 cm³/mol. The van der Waals surface area contributed by atoms with E-state index in [9.17, 15) is 18.0 Å². The molecule has 2 aromatic rings. The molecule has 0 saturated carbocycles. The van der Waals surface area contributed by atoms with E-state index in [-0.39, 0.29) is 11.4 Å². The summed E-state index contributed by atoms with van der Waals surface area (Å²) in [7, 11) is 1.29. The molecule has 0 fully saturated rings. The highest BCUT2D eigenvalue weighted by atomic mass is 19.4. The monoisotopic (exact) mass is 343 g/mol. The van der Waals surface area contributed by atoms with Crippen molar-refractivity contribution < 1.29 is 27.8 Å². The third-order valence-electron chi connectivity index (χ3n) is 3.33. The molecule has 0 amide bonds. The normalized spacial score (nSPS) is 12.9. The summed E-state index contributed by atoms with van der Waals surface area (Å²) in [5.74, 6) is -1.29. The van der Waals surface area contributed by atoms with Crippen molar-refractivity contribution in [2.45, 2.75) is 25.6 Å². The van der Waals surface area contributed by atoms with Gasteiger partial charge in [0.25, 0.3) is 0 Å². The number of alkyl halides is 3. The van der Waals surface area contributed by atoms with Gasteiger partial charge in [-0.3, -0.25) is 4.79 Å². The molecule has 1 aromatic heterocycles. The van der Waals surface area contributed by atoms with Crippen LogP contribution in [0.1, 0.15) is 16.8 Å². The number of aryl methyl sites for hydroxylation is 2. The molecule has 3 N–H and O–H groups in total. The molecule has 1 unspecified atom stereocenters. The van der Waals surface area contributed by atoms with E-state index in [0.29, 0.717) is 5.75 Å². The number of nitrogens with two attached hydrogens (primary N) is 1. The summed E-state index contributed by atoms with van der Waals surface area (Å²) < 4.78 is 45.9. The van der Waals surface area contributed by atoms with Gasteiger partial charge in [-0.05, 0) is 19.1 Å². The van der Waals surface area contributed by atoms with Crippen molar-refractivity contribution in [3.05, 3.63) is 41.1 Å². The first kappa shape index (κ1) is 17.8. The zero-order valence-corrected chi connectivity index (χ0v) is 13.0. The molecule has 0 radical (unpaired) electrons. The Morgan fingerprint density at radius 1 is 1.38 bits per heavy atom. The van der Waals surface area contributed by atoms with Gasteiger partial charge in [0.1, 0.15) is 11.8 Å². The highest BCUT2D eigenvalue weighted by Crippen LogP contribution is 2.37. The lowest BCUT2D eigenvalue weighted by molar-refractivity contribution is -0.143. The van der Waals surface area contributed by atoms with Gasteiger partial charge in [-0.2, -0.15) is 18.3 Å². The fourth-order valence-corrected chi connectivity index (χ4v) is 2.12. The van der Waals surface area contributed by atoms with Gasteiger partial charge in [-0.15, -0.1) is 0 Å². The van der Waals surface area contributed by atoms with Crippen LogP contribution in [-0.4, -0.2) is 26.9 Å². The maximum atomic E-state index is 13.2. The Bertz CT molecular complexity index is 739. The van der Waals surface area contributed by atoms with Gasteiger partial charge in [-0.25, -0.2) is 4.68 Å². The maximum Gasteiger partial charge on any atom is 0.435 e. The molecule has 0 aliphatic carbocycles. The summed E-state index contributed by atoms with van der Waals surface area (Å²) in [5, 5.41) is 12.3. The van der Waals surface area contributed by atoms with Crippen molar-refractivity contribution in [3.8, 4) is 11.6 Å². The number of carbonyl (C=O) groups is 1. The second kappa shape index (κ2) is 6.52. The minimum atomic E-state index is -4.75. The van der Waals surface area contributed by atoms with Gasteiger partial charge < -0.3 is 15.6 Å². The lowest BCUT2D eigenvalue weighted by atomic mass is 10.1. The van der Waals surface area contributed by atoms with Crippen LogP contribution < -0.4 is 10.5 Å². The van der Waals surface area contributed by atoms with Gasteiger partial charge >= 0.3 is 12.1 Å². The number of aliphatic carboxylic acids is 1. The van der Waals surface area contributed by atoms with E-state index in [0.717, 1.165) is 10.2 Å². The van der Waals surface area contributed by atoms with E-state index in [4.69, 9.17) is 15.6 Å². The average Bonchev–Trinajstić information content (AvgIpc) is 2.78. The Balaban J connectivity index is 2.47. The van der Waals surface area contributed by atoms with E-state index < -0.39 is 30.3 Å². The standard InChI is InChI=1S/C15H16F3N3O3/c1-8-3-5-9(6-4-8)24-13-10(7-11(19)14(22)23)12(15(16,17)18)20-21(13)2/h3-6,11H,7,19H2,1-2H3,(H,22,23). The second-order valence-corrected chi connectivity index (χ2v) is 5.32. The fraction of sp³-hybridized carbons (Fsp3) is 0.333. The topological polar surface area (TPSA) is 90.4 Å². The third kappa shape index (κ3) is 3.85. The molecule has 1 atom stereocenters. The molecular formula is C15H16F3N3O3. The Morgan fingerprint density at radius 3 is 2.46 bits per heavy atom. The summed E-state index contributed by atoms with van der Waals surface area (Å²) >= 11 is 0. The van der Waals surface area contributed by atoms with Crippen LogP contribution in [0, 0.1) is 6.92 Å². The zero-order valence-electron chi connectivity index (χ0n) is 13.0. The second-order valence-electron chi connectivity index (χ2n) is 5.32. The van der Waals surface area contributed by atoms with Gasteiger partial charge in [-0.1, -0.05) is 17.7 Å². The number of halogens is 3. The quantitative estimate of drug-likeness (QED) is 0.870. The summed E-state index contributed by atoms with van der Waals surface area (Å²) in [4.78, 5) is 10.9. The Morgan fingerprint density at radius 2 is 1.96 bits per heavy atom. The molecule has 9 heteroatoms. The average molecular weight is 343 g/mol. The van der Waals surface area contributed by atoms with E-state index in [1.54, 1.807) is 24.3 Å². The first-order chi connectivity index (χ1) is 11.1. The molecule has 0 bridgehead atoms. The first-order valence-electron chi connectivity index (χ1n) is 6.95. The Labute approximate surface area is 135 Å². The zero-order chi connectivity index (χ0) is 18.1. The summed E-state index contributed by atoms with van der Waals surface area (Å²) in [6.45, 7) is 1.85. The predicted octanol–water partition coefficient (Wildman–Crippen LogP) is 2.49. The van der Waals surface area contributed by atoms with E-state index >= 15 is 0 Å². The SMILES string of the molecule is Cc1ccc(Oc2c(CC(N)C(=O)O)c(C(F)(F)F)nn2C)cc1. The van der Waals surface area contributed by atoms with Gasteiger partial charge in [0.15, 0.2) is 5.69 Å². The number of benzene rings is 1. The molecule has 6 nitrogen and oxygen atoms in total. The van der Waals surface area contributed by atoms with Crippen LogP contribution in [-0.2, 0) is 24.4 Å². The van der Waals surface area contributed by atoms with E-state index in [1.165, 1.54) is 7.05 Å². The lowest BCUT2D eigenvalue weighted by Crippen LogP contribution is -2.33. The smallest absolute Gasteiger partial charge is 0.435 e. The third-order valence-corrected chi connectivity index (χ3v) is 3.33. The number of hydrogen-bond acceptors (Lipinski definition) is 4. The van der Waals surface area contributed by atoms with Crippen molar-refractivity contribution in [1.82, 2.24) is 9.78 Å². The van der Waals surface area contributed by atoms with Crippen LogP contribution in [0.4, 0.5) is 13.2 Å². The molecule has 0 aliphatic rings. The maximum absolute atomic E-state index is 13.2. The molecule has 24 heavy (non-hydrogen) atoms. The highest BCUT2D eigenvalue weighted by Gasteiger charge is 2.40. The highest BCUT2D eigenvalue weighted by molar-refractivity contribution is 5.73. The Hall–Kier alpha value is -2.55. The number of hydrogen-bond donors (Lipinski definition) is 2. The van der Waals surface area contributed by atoms with Crippen LogP contribution in [0.5, 0.6) is 11.6 Å². The van der Waals surface area contributed by atoms with Crippen LogP contribution in [0.25, 0.3) is 0 Å². The van der Waals surface area contributed by atoms with Crippen molar-refractivity contribution in [2.75, 3.05) is 0 Å². The van der Waals surface area contributed by atoms with Gasteiger partial charge in [0, 0.05) is 19.0 Å². The molecule has 0 saturated heterocycles. The Kier molecular flexibility index (Phi) is 4.83. The summed E-state index contributed by atoms with van der Waals surface area (Å²) in [5.41, 5.74) is 4.75.